The Labute approximate surface area is 171 Å². The topological polar surface area (TPSA) is 123 Å². The van der Waals surface area contributed by atoms with Crippen molar-refractivity contribution in [1.82, 2.24) is 25.5 Å². The summed E-state index contributed by atoms with van der Waals surface area (Å²) < 4.78 is 5.18. The van der Waals surface area contributed by atoms with Crippen LogP contribution in [0.2, 0.25) is 0 Å². The van der Waals surface area contributed by atoms with Crippen molar-refractivity contribution >= 4 is 23.3 Å². The van der Waals surface area contributed by atoms with E-state index in [1.54, 1.807) is 26.3 Å². The Morgan fingerprint density at radius 1 is 1.41 bits per heavy atom. The predicted molar refractivity (Wildman–Crippen MR) is 115 cm³/mol. The molecule has 0 bridgehead atoms. The average molecular weight is 402 g/mol. The molecule has 2 aliphatic heterocycles. The van der Waals surface area contributed by atoms with Crippen LogP contribution in [0.1, 0.15) is 20.8 Å². The van der Waals surface area contributed by atoms with Crippen molar-refractivity contribution in [3.05, 3.63) is 18.6 Å². The van der Waals surface area contributed by atoms with E-state index in [0.29, 0.717) is 42.5 Å². The van der Waals surface area contributed by atoms with E-state index >= 15 is 0 Å². The second-order valence-electron chi connectivity index (χ2n) is 7.51. The van der Waals surface area contributed by atoms with Crippen LogP contribution in [0.5, 0.6) is 0 Å². The molecule has 3 heterocycles. The maximum absolute atomic E-state index is 8.35. The number of piperazine rings is 1. The summed E-state index contributed by atoms with van der Waals surface area (Å²) in [6, 6.07) is 1.78. The fourth-order valence-corrected chi connectivity index (χ4v) is 3.47. The first kappa shape index (κ1) is 21.3. The third-order valence-electron chi connectivity index (χ3n) is 5.06. The summed E-state index contributed by atoms with van der Waals surface area (Å²) in [5.41, 5.74) is 0.477. The van der Waals surface area contributed by atoms with Crippen molar-refractivity contribution in [3.63, 3.8) is 0 Å². The van der Waals surface area contributed by atoms with Crippen LogP contribution >= 0.6 is 0 Å². The lowest BCUT2D eigenvalue weighted by Crippen LogP contribution is -2.59. The summed E-state index contributed by atoms with van der Waals surface area (Å²) in [7, 11) is 1.67. The summed E-state index contributed by atoms with van der Waals surface area (Å²) in [6.45, 7) is 8.97. The van der Waals surface area contributed by atoms with E-state index in [2.05, 4.69) is 44.7 Å². The SMILES string of the molecule is COCCNC1C(Nc2ccncn2)=NC(N2C[C@H](C)NC[C@H]2C)=NC1C(C)=N. The van der Waals surface area contributed by atoms with Crippen molar-refractivity contribution in [1.29, 1.82) is 5.41 Å². The predicted octanol–water partition coefficient (Wildman–Crippen LogP) is 0.352. The zero-order chi connectivity index (χ0) is 20.8. The minimum atomic E-state index is -0.360. The number of anilines is 1. The van der Waals surface area contributed by atoms with Gasteiger partial charge in [-0.1, -0.05) is 0 Å². The molecule has 1 aromatic heterocycles. The van der Waals surface area contributed by atoms with Crippen molar-refractivity contribution < 1.29 is 4.74 Å². The van der Waals surface area contributed by atoms with Gasteiger partial charge in [-0.2, -0.15) is 4.99 Å². The first-order chi connectivity index (χ1) is 14.0. The van der Waals surface area contributed by atoms with E-state index in [1.807, 2.05) is 0 Å². The number of rotatable bonds is 6. The van der Waals surface area contributed by atoms with Gasteiger partial charge >= 0.3 is 0 Å². The number of aromatic nitrogens is 2. The summed E-state index contributed by atoms with van der Waals surface area (Å²) in [4.78, 5) is 20.2. The van der Waals surface area contributed by atoms with Crippen LogP contribution in [-0.2, 0) is 4.74 Å². The van der Waals surface area contributed by atoms with Gasteiger partial charge in [0.2, 0.25) is 5.96 Å². The maximum Gasteiger partial charge on any atom is 0.223 e. The summed E-state index contributed by atoms with van der Waals surface area (Å²) in [5.74, 6) is 2.00. The van der Waals surface area contributed by atoms with Crippen molar-refractivity contribution in [2.24, 2.45) is 9.98 Å². The Kier molecular flexibility index (Phi) is 7.24. The second-order valence-corrected chi connectivity index (χ2v) is 7.51. The molecule has 10 nitrogen and oxygen atoms in total. The Morgan fingerprint density at radius 3 is 2.93 bits per heavy atom. The fraction of sp³-hybridized carbons (Fsp3) is 0.632. The Bertz CT molecular complexity index is 751. The highest BCUT2D eigenvalue weighted by atomic mass is 16.5. The van der Waals surface area contributed by atoms with Crippen LogP contribution in [0.15, 0.2) is 28.6 Å². The van der Waals surface area contributed by atoms with Crippen LogP contribution in [0.25, 0.3) is 0 Å². The molecule has 1 aromatic rings. The fourth-order valence-electron chi connectivity index (χ4n) is 3.47. The molecule has 4 N–H and O–H groups in total. The molecule has 0 spiro atoms. The number of guanidine groups is 1. The molecule has 10 heteroatoms. The molecule has 0 saturated carbocycles. The van der Waals surface area contributed by atoms with Gasteiger partial charge in [0.25, 0.3) is 0 Å². The quantitative estimate of drug-likeness (QED) is 0.401. The lowest BCUT2D eigenvalue weighted by atomic mass is 10.0. The number of amidine groups is 1. The lowest BCUT2D eigenvalue weighted by molar-refractivity contribution is 0.197. The minimum Gasteiger partial charge on any atom is -0.383 e. The van der Waals surface area contributed by atoms with E-state index in [4.69, 9.17) is 20.1 Å². The van der Waals surface area contributed by atoms with Crippen LogP contribution in [0.3, 0.4) is 0 Å². The molecule has 29 heavy (non-hydrogen) atoms. The largest absolute Gasteiger partial charge is 0.383 e. The molecular weight excluding hydrogens is 370 g/mol. The highest BCUT2D eigenvalue weighted by Gasteiger charge is 2.35. The monoisotopic (exact) mass is 401 g/mol. The Balaban J connectivity index is 1.93. The normalized spacial score (nSPS) is 27.2. The van der Waals surface area contributed by atoms with Crippen LogP contribution in [0.4, 0.5) is 5.82 Å². The van der Waals surface area contributed by atoms with Gasteiger partial charge in [0, 0.05) is 50.7 Å². The van der Waals surface area contributed by atoms with Gasteiger partial charge in [0.15, 0.2) is 0 Å². The molecule has 0 aromatic carbocycles. The van der Waals surface area contributed by atoms with Gasteiger partial charge in [-0.05, 0) is 26.8 Å². The number of hydrogen-bond donors (Lipinski definition) is 4. The molecule has 1 saturated heterocycles. The standard InChI is InChI=1S/C19H31N9O/c1-12-10-28(13(2)9-23-12)19-26-16(14(3)20)17(22-7-8-29-4)18(27-19)25-15-5-6-21-11-24-15/h5-6,11-13,16-17,20,22-23H,7-10H2,1-4H3,(H,21,24,25,26,27)/t12-,13+,16?,17?/m0/s1. The van der Waals surface area contributed by atoms with E-state index in [9.17, 15) is 0 Å². The smallest absolute Gasteiger partial charge is 0.223 e. The number of hydrogen-bond acceptors (Lipinski definition) is 10. The van der Waals surface area contributed by atoms with E-state index < -0.39 is 0 Å². The zero-order valence-electron chi connectivity index (χ0n) is 17.5. The summed E-state index contributed by atoms with van der Waals surface area (Å²) in [6.07, 6.45) is 3.17. The molecule has 0 amide bonds. The van der Waals surface area contributed by atoms with Gasteiger partial charge in [-0.15, -0.1) is 0 Å². The summed E-state index contributed by atoms with van der Waals surface area (Å²) >= 11 is 0. The zero-order valence-corrected chi connectivity index (χ0v) is 17.5. The van der Waals surface area contributed by atoms with Gasteiger partial charge in [-0.3, -0.25) is 0 Å². The van der Waals surface area contributed by atoms with E-state index in [1.165, 1.54) is 6.33 Å². The third-order valence-corrected chi connectivity index (χ3v) is 5.06. The first-order valence-electron chi connectivity index (χ1n) is 9.96. The van der Waals surface area contributed by atoms with E-state index in [0.717, 1.165) is 13.1 Å². The molecule has 0 radical (unpaired) electrons. The van der Waals surface area contributed by atoms with Gasteiger partial charge < -0.3 is 31.0 Å². The number of ether oxygens (including phenoxy) is 1. The molecule has 1 fully saturated rings. The molecular formula is C19H31N9O. The van der Waals surface area contributed by atoms with Gasteiger partial charge in [0.1, 0.15) is 24.0 Å². The Hall–Kier alpha value is -2.43. The first-order valence-corrected chi connectivity index (χ1v) is 9.96. The highest BCUT2D eigenvalue weighted by Crippen LogP contribution is 2.18. The number of nitrogens with one attached hydrogen (secondary N) is 4. The highest BCUT2D eigenvalue weighted by molar-refractivity contribution is 6.11. The maximum atomic E-state index is 8.35. The number of methoxy groups -OCH3 is 1. The Morgan fingerprint density at radius 2 is 2.24 bits per heavy atom. The third kappa shape index (κ3) is 5.34. The molecule has 3 rings (SSSR count). The lowest BCUT2D eigenvalue weighted by Gasteiger charge is -2.40. The molecule has 0 aliphatic carbocycles. The average Bonchev–Trinajstić information content (AvgIpc) is 2.71. The van der Waals surface area contributed by atoms with Crippen LogP contribution < -0.4 is 16.0 Å². The second kappa shape index (κ2) is 9.86. The number of aliphatic imine (C=N–C) groups is 2. The molecule has 158 valence electrons. The minimum absolute atomic E-state index is 0.263. The molecule has 2 unspecified atom stereocenters. The summed E-state index contributed by atoms with van der Waals surface area (Å²) in [5, 5.41) is 18.6. The van der Waals surface area contributed by atoms with Gasteiger partial charge in [-0.25, -0.2) is 15.0 Å². The molecule has 4 atom stereocenters. The number of nitrogens with zero attached hydrogens (tertiary/aromatic N) is 5. The van der Waals surface area contributed by atoms with Crippen molar-refractivity contribution in [2.45, 2.75) is 44.9 Å². The van der Waals surface area contributed by atoms with Crippen LogP contribution in [0, 0.1) is 5.41 Å². The van der Waals surface area contributed by atoms with E-state index in [-0.39, 0.29) is 18.1 Å². The molecule has 2 aliphatic rings. The van der Waals surface area contributed by atoms with Crippen LogP contribution in [-0.4, -0.2) is 89.9 Å². The van der Waals surface area contributed by atoms with Crippen molar-refractivity contribution in [2.75, 3.05) is 38.7 Å². The van der Waals surface area contributed by atoms with Crippen molar-refractivity contribution in [3.8, 4) is 0 Å². The van der Waals surface area contributed by atoms with Gasteiger partial charge in [0.05, 0.1) is 12.6 Å².